The maximum Gasteiger partial charge on any atom is 0.269 e. The van der Waals surface area contributed by atoms with Gasteiger partial charge in [-0.1, -0.05) is 18.5 Å². The Labute approximate surface area is 170 Å². The van der Waals surface area contributed by atoms with Crippen LogP contribution in [0.1, 0.15) is 33.3 Å². The van der Waals surface area contributed by atoms with Crippen LogP contribution >= 0.6 is 11.6 Å². The van der Waals surface area contributed by atoms with Gasteiger partial charge in [-0.15, -0.1) is 0 Å². The third-order valence-electron chi connectivity index (χ3n) is 4.24. The molecule has 3 aromatic rings. The largest absolute Gasteiger partial charge is 0.366 e. The first-order valence-corrected chi connectivity index (χ1v) is 8.92. The van der Waals surface area contributed by atoms with Gasteiger partial charge in [-0.25, -0.2) is 4.68 Å². The molecule has 2 aromatic carbocycles. The molecule has 0 bridgehead atoms. The number of nitrogens with two attached hydrogens (primary N) is 1. The van der Waals surface area contributed by atoms with Gasteiger partial charge in [0.1, 0.15) is 0 Å². The topological polar surface area (TPSA) is 133 Å². The highest BCUT2D eigenvalue weighted by Gasteiger charge is 2.18. The van der Waals surface area contributed by atoms with Crippen molar-refractivity contribution >= 4 is 34.8 Å². The number of aromatic nitrogens is 2. The summed E-state index contributed by atoms with van der Waals surface area (Å²) < 4.78 is 1.55. The van der Waals surface area contributed by atoms with Gasteiger partial charge < -0.3 is 11.1 Å². The van der Waals surface area contributed by atoms with E-state index in [-0.39, 0.29) is 16.3 Å². The number of amides is 2. The minimum absolute atomic E-state index is 0.0371. The van der Waals surface area contributed by atoms with Crippen molar-refractivity contribution in [3.63, 3.8) is 0 Å². The third-order valence-corrected chi connectivity index (χ3v) is 4.57. The molecule has 0 radical (unpaired) electrons. The first-order valence-electron chi connectivity index (χ1n) is 8.54. The Kier molecular flexibility index (Phi) is 5.60. The molecule has 0 aliphatic carbocycles. The highest BCUT2D eigenvalue weighted by atomic mass is 35.5. The number of nitro benzene ring substituents is 1. The molecule has 2 amide bonds. The van der Waals surface area contributed by atoms with E-state index in [1.165, 1.54) is 30.5 Å². The van der Waals surface area contributed by atoms with Crippen LogP contribution in [0.25, 0.3) is 5.69 Å². The van der Waals surface area contributed by atoms with Crippen molar-refractivity contribution in [2.24, 2.45) is 5.73 Å². The van der Waals surface area contributed by atoms with E-state index in [4.69, 9.17) is 17.3 Å². The predicted molar refractivity (Wildman–Crippen MR) is 108 cm³/mol. The summed E-state index contributed by atoms with van der Waals surface area (Å²) in [4.78, 5) is 34.5. The molecule has 1 heterocycles. The number of non-ortho nitro benzene ring substituents is 1. The van der Waals surface area contributed by atoms with E-state index in [9.17, 15) is 19.7 Å². The molecule has 0 saturated carbocycles. The second-order valence-corrected chi connectivity index (χ2v) is 6.46. The average molecular weight is 414 g/mol. The van der Waals surface area contributed by atoms with Crippen LogP contribution in [-0.2, 0) is 6.42 Å². The SMILES string of the molecule is CCc1c(C(=O)Nc2ccc(Cl)c(C(N)=O)c2)cnn1-c1ccc([N+](=O)[O-])cc1. The number of anilines is 1. The van der Waals surface area contributed by atoms with E-state index in [1.54, 1.807) is 22.9 Å². The number of carbonyl (C=O) groups excluding carboxylic acids is 2. The molecule has 3 N–H and O–H groups in total. The summed E-state index contributed by atoms with van der Waals surface area (Å²) in [6.07, 6.45) is 1.91. The molecule has 0 saturated heterocycles. The molecular formula is C19H16ClN5O4. The summed E-state index contributed by atoms with van der Waals surface area (Å²) in [6, 6.07) is 10.3. The Balaban J connectivity index is 1.90. The number of hydrogen-bond acceptors (Lipinski definition) is 5. The minimum Gasteiger partial charge on any atom is -0.366 e. The zero-order valence-corrected chi connectivity index (χ0v) is 16.0. The lowest BCUT2D eigenvalue weighted by Crippen LogP contribution is -2.16. The maximum absolute atomic E-state index is 12.7. The Hall–Kier alpha value is -3.72. The zero-order valence-electron chi connectivity index (χ0n) is 15.3. The van der Waals surface area contributed by atoms with E-state index in [2.05, 4.69) is 10.4 Å². The second kappa shape index (κ2) is 8.11. The van der Waals surface area contributed by atoms with Crippen molar-refractivity contribution in [3.05, 3.63) is 80.6 Å². The monoisotopic (exact) mass is 413 g/mol. The van der Waals surface area contributed by atoms with Crippen molar-refractivity contribution in [3.8, 4) is 5.69 Å². The van der Waals surface area contributed by atoms with E-state index in [0.717, 1.165) is 0 Å². The summed E-state index contributed by atoms with van der Waals surface area (Å²) >= 11 is 5.93. The van der Waals surface area contributed by atoms with E-state index in [0.29, 0.717) is 29.1 Å². The zero-order chi connectivity index (χ0) is 21.1. The number of halogens is 1. The minimum atomic E-state index is -0.702. The summed E-state index contributed by atoms with van der Waals surface area (Å²) in [7, 11) is 0. The summed E-state index contributed by atoms with van der Waals surface area (Å²) in [5, 5.41) is 18.0. The fourth-order valence-electron chi connectivity index (χ4n) is 2.83. The lowest BCUT2D eigenvalue weighted by atomic mass is 10.1. The molecule has 148 valence electrons. The molecule has 1 aromatic heterocycles. The highest BCUT2D eigenvalue weighted by molar-refractivity contribution is 6.34. The summed E-state index contributed by atoms with van der Waals surface area (Å²) in [5.74, 6) is -1.13. The lowest BCUT2D eigenvalue weighted by molar-refractivity contribution is -0.384. The highest BCUT2D eigenvalue weighted by Crippen LogP contribution is 2.23. The van der Waals surface area contributed by atoms with Crippen molar-refractivity contribution < 1.29 is 14.5 Å². The molecule has 0 atom stereocenters. The molecular weight excluding hydrogens is 398 g/mol. The number of primary amides is 1. The Morgan fingerprint density at radius 1 is 1.21 bits per heavy atom. The number of nitro groups is 1. The van der Waals surface area contributed by atoms with Gasteiger partial charge in [0.25, 0.3) is 11.6 Å². The van der Waals surface area contributed by atoms with Crippen LogP contribution in [0.4, 0.5) is 11.4 Å². The summed E-state index contributed by atoms with van der Waals surface area (Å²) in [6.45, 7) is 1.86. The van der Waals surface area contributed by atoms with Crippen LogP contribution in [0.5, 0.6) is 0 Å². The number of nitrogens with zero attached hydrogens (tertiary/aromatic N) is 3. The number of carbonyl (C=O) groups is 2. The third kappa shape index (κ3) is 4.09. The van der Waals surface area contributed by atoms with Gasteiger partial charge in [-0.2, -0.15) is 5.10 Å². The molecule has 0 spiro atoms. The Morgan fingerprint density at radius 3 is 2.48 bits per heavy atom. The van der Waals surface area contributed by atoms with Crippen molar-refractivity contribution in [1.82, 2.24) is 9.78 Å². The Morgan fingerprint density at radius 2 is 1.90 bits per heavy atom. The average Bonchev–Trinajstić information content (AvgIpc) is 3.13. The fourth-order valence-corrected chi connectivity index (χ4v) is 3.04. The molecule has 0 unspecified atom stereocenters. The van der Waals surface area contributed by atoms with Gasteiger partial charge in [-0.05, 0) is 36.8 Å². The van der Waals surface area contributed by atoms with Crippen molar-refractivity contribution in [2.75, 3.05) is 5.32 Å². The van der Waals surface area contributed by atoms with Gasteiger partial charge in [0, 0.05) is 17.8 Å². The van der Waals surface area contributed by atoms with Crippen LogP contribution in [0, 0.1) is 10.1 Å². The Bertz CT molecular complexity index is 1110. The molecule has 3 rings (SSSR count). The van der Waals surface area contributed by atoms with Crippen LogP contribution < -0.4 is 11.1 Å². The number of nitrogens with one attached hydrogen (secondary N) is 1. The van der Waals surface area contributed by atoms with E-state index < -0.39 is 16.7 Å². The number of hydrogen-bond donors (Lipinski definition) is 2. The molecule has 10 heteroatoms. The van der Waals surface area contributed by atoms with Gasteiger partial charge in [-0.3, -0.25) is 19.7 Å². The van der Waals surface area contributed by atoms with Crippen LogP contribution in [0.15, 0.2) is 48.7 Å². The first kappa shape index (κ1) is 20.0. The standard InChI is InChI=1S/C19H16ClN5O4/c1-2-17-15(10-22-24(17)12-4-6-13(7-5-12)25(28)29)19(27)23-11-3-8-16(20)14(9-11)18(21)26/h3-10H,2H2,1H3,(H2,21,26)(H,23,27). The first-order chi connectivity index (χ1) is 13.8. The van der Waals surface area contributed by atoms with Crippen LogP contribution in [0.2, 0.25) is 5.02 Å². The van der Waals surface area contributed by atoms with Gasteiger partial charge in [0.05, 0.1) is 38.7 Å². The lowest BCUT2D eigenvalue weighted by Gasteiger charge is -2.09. The quantitative estimate of drug-likeness (QED) is 0.472. The molecule has 0 aliphatic rings. The molecule has 29 heavy (non-hydrogen) atoms. The maximum atomic E-state index is 12.7. The van der Waals surface area contributed by atoms with Crippen LogP contribution in [0.3, 0.4) is 0 Å². The smallest absolute Gasteiger partial charge is 0.269 e. The van der Waals surface area contributed by atoms with Crippen molar-refractivity contribution in [1.29, 1.82) is 0 Å². The molecule has 0 fully saturated rings. The van der Waals surface area contributed by atoms with Crippen LogP contribution in [-0.4, -0.2) is 26.5 Å². The normalized spacial score (nSPS) is 10.6. The van der Waals surface area contributed by atoms with E-state index >= 15 is 0 Å². The number of rotatable bonds is 6. The van der Waals surface area contributed by atoms with Gasteiger partial charge in [0.15, 0.2) is 0 Å². The van der Waals surface area contributed by atoms with Gasteiger partial charge in [0.2, 0.25) is 5.91 Å². The van der Waals surface area contributed by atoms with E-state index in [1.807, 2.05) is 6.92 Å². The number of benzene rings is 2. The molecule has 0 aliphatic heterocycles. The van der Waals surface area contributed by atoms with Crippen molar-refractivity contribution in [2.45, 2.75) is 13.3 Å². The summed E-state index contributed by atoms with van der Waals surface area (Å²) in [5.41, 5.74) is 7.25. The van der Waals surface area contributed by atoms with Gasteiger partial charge >= 0.3 is 0 Å². The predicted octanol–water partition coefficient (Wildman–Crippen LogP) is 3.35. The fraction of sp³-hybridized carbons (Fsp3) is 0.105. The molecule has 9 nitrogen and oxygen atoms in total. The second-order valence-electron chi connectivity index (χ2n) is 6.06.